The number of pyridine rings is 1. The van der Waals surface area contributed by atoms with Crippen molar-refractivity contribution in [3.63, 3.8) is 0 Å². The molecule has 2 fully saturated rings. The van der Waals surface area contributed by atoms with Crippen molar-refractivity contribution < 1.29 is 9.84 Å². The van der Waals surface area contributed by atoms with Crippen molar-refractivity contribution in [1.82, 2.24) is 15.2 Å². The Bertz CT molecular complexity index is 877. The number of ether oxygens (including phenoxy) is 1. The minimum atomic E-state index is -1.05. The van der Waals surface area contributed by atoms with Gasteiger partial charge in [-0.2, -0.15) is 17.7 Å². The quantitative estimate of drug-likeness (QED) is 0.283. The van der Waals surface area contributed by atoms with E-state index >= 15 is 0 Å². The van der Waals surface area contributed by atoms with E-state index in [2.05, 4.69) is 27.3 Å². The largest absolute Gasteiger partial charge is 0.385 e. The number of morpholine rings is 1. The van der Waals surface area contributed by atoms with Gasteiger partial charge in [0.05, 0.1) is 31.1 Å². The maximum Gasteiger partial charge on any atom is 0.143 e. The molecule has 8 nitrogen and oxygen atoms in total. The molecule has 2 aliphatic rings. The van der Waals surface area contributed by atoms with Crippen molar-refractivity contribution in [3.8, 4) is 0 Å². The Kier molecular flexibility index (Phi) is 6.31. The number of aromatic nitrogens is 3. The normalized spacial score (nSPS) is 27.5. The van der Waals surface area contributed by atoms with E-state index in [-0.39, 0.29) is 11.3 Å². The fourth-order valence-electron chi connectivity index (χ4n) is 4.47. The molecular weight excluding hydrogens is 400 g/mol. The molecule has 2 aromatic rings. The van der Waals surface area contributed by atoms with Crippen molar-refractivity contribution in [3.05, 3.63) is 29.5 Å². The molecule has 2 unspecified atom stereocenters. The fourth-order valence-corrected chi connectivity index (χ4v) is 4.96. The van der Waals surface area contributed by atoms with Crippen LogP contribution in [-0.4, -0.2) is 57.6 Å². The number of thiol groups is 1. The maximum atomic E-state index is 11.8. The van der Waals surface area contributed by atoms with Gasteiger partial charge >= 0.3 is 0 Å². The van der Waals surface area contributed by atoms with Gasteiger partial charge in [0.15, 0.2) is 0 Å². The summed E-state index contributed by atoms with van der Waals surface area (Å²) in [5, 5.41) is 30.1. The molecule has 1 saturated heterocycles. The third-order valence-corrected chi connectivity index (χ3v) is 6.50. The van der Waals surface area contributed by atoms with Crippen LogP contribution in [0.4, 0.5) is 17.5 Å². The number of nitrogens with one attached hydrogen (secondary N) is 3. The molecule has 1 aliphatic carbocycles. The number of H-pyrrole nitrogens is 1. The Morgan fingerprint density at radius 2 is 2.33 bits per heavy atom. The Labute approximate surface area is 182 Å². The molecule has 1 aliphatic heterocycles. The molecule has 0 spiro atoms. The lowest BCUT2D eigenvalue weighted by Crippen LogP contribution is -2.44. The monoisotopic (exact) mass is 430 g/mol. The summed E-state index contributed by atoms with van der Waals surface area (Å²) < 4.78 is 5.60. The van der Waals surface area contributed by atoms with Crippen LogP contribution in [0, 0.1) is 5.41 Å². The van der Waals surface area contributed by atoms with Crippen LogP contribution in [0.1, 0.15) is 50.2 Å². The number of rotatable bonds is 5. The third kappa shape index (κ3) is 4.33. The smallest absolute Gasteiger partial charge is 0.143 e. The van der Waals surface area contributed by atoms with Crippen LogP contribution >= 0.6 is 12.6 Å². The third-order valence-electron chi connectivity index (χ3n) is 6.06. The highest BCUT2D eigenvalue weighted by Gasteiger charge is 2.37. The van der Waals surface area contributed by atoms with Crippen LogP contribution in [0.3, 0.4) is 0 Å². The molecule has 0 aromatic carbocycles. The van der Waals surface area contributed by atoms with Gasteiger partial charge in [-0.3, -0.25) is 5.10 Å². The summed E-state index contributed by atoms with van der Waals surface area (Å²) >= 11 is 4.71. The lowest BCUT2D eigenvalue weighted by Gasteiger charge is -2.37. The second-order valence-electron chi connectivity index (χ2n) is 8.28. The zero-order chi connectivity index (χ0) is 21.1. The first-order chi connectivity index (χ1) is 14.5. The molecule has 9 heteroatoms. The van der Waals surface area contributed by atoms with Gasteiger partial charge in [-0.05, 0) is 37.8 Å². The lowest BCUT2D eigenvalue weighted by molar-refractivity contribution is 0.0220. The summed E-state index contributed by atoms with van der Waals surface area (Å²) in [6.45, 7) is 4.11. The number of aromatic amines is 1. The molecule has 3 atom stereocenters. The van der Waals surface area contributed by atoms with E-state index in [1.807, 2.05) is 12.1 Å². The summed E-state index contributed by atoms with van der Waals surface area (Å²) in [5.41, 5.74) is 0.288. The minimum absolute atomic E-state index is 0.124. The van der Waals surface area contributed by atoms with Crippen molar-refractivity contribution in [1.29, 1.82) is 5.41 Å². The first-order valence-corrected chi connectivity index (χ1v) is 11.1. The summed E-state index contributed by atoms with van der Waals surface area (Å²) in [6.07, 6.45) is 7.12. The number of aliphatic hydroxyl groups is 1. The van der Waals surface area contributed by atoms with Crippen LogP contribution in [0.15, 0.2) is 18.3 Å². The molecule has 1 saturated carbocycles. The van der Waals surface area contributed by atoms with E-state index in [0.29, 0.717) is 43.3 Å². The van der Waals surface area contributed by atoms with Gasteiger partial charge < -0.3 is 25.5 Å². The Balaban J connectivity index is 1.83. The average molecular weight is 431 g/mol. The zero-order valence-corrected chi connectivity index (χ0v) is 18.2. The molecule has 30 heavy (non-hydrogen) atoms. The molecule has 4 N–H and O–H groups in total. The Morgan fingerprint density at radius 3 is 3.07 bits per heavy atom. The van der Waals surface area contributed by atoms with E-state index in [9.17, 15) is 5.11 Å². The molecule has 0 radical (unpaired) electrons. The van der Waals surface area contributed by atoms with Gasteiger partial charge in [0, 0.05) is 29.6 Å². The second-order valence-corrected chi connectivity index (χ2v) is 9.01. The van der Waals surface area contributed by atoms with Gasteiger partial charge in [0.2, 0.25) is 0 Å². The molecule has 3 heterocycles. The van der Waals surface area contributed by atoms with Crippen molar-refractivity contribution >= 4 is 36.3 Å². The van der Waals surface area contributed by atoms with Crippen LogP contribution in [0.2, 0.25) is 0 Å². The van der Waals surface area contributed by atoms with Crippen LogP contribution in [-0.2, 0) is 10.3 Å². The summed E-state index contributed by atoms with van der Waals surface area (Å²) in [6, 6.07) is 3.95. The first kappa shape index (κ1) is 21.1. The lowest BCUT2D eigenvalue weighted by atomic mass is 9.84. The van der Waals surface area contributed by atoms with Gasteiger partial charge in [-0.1, -0.05) is 12.8 Å². The van der Waals surface area contributed by atoms with Gasteiger partial charge in [0.25, 0.3) is 0 Å². The molecule has 162 valence electrons. The number of hydrogen-bond acceptors (Lipinski definition) is 8. The highest BCUT2D eigenvalue weighted by Crippen LogP contribution is 2.42. The molecule has 4 rings (SSSR count). The van der Waals surface area contributed by atoms with E-state index < -0.39 is 5.60 Å². The minimum Gasteiger partial charge on any atom is -0.385 e. The summed E-state index contributed by atoms with van der Waals surface area (Å²) in [4.78, 5) is 7.06. The van der Waals surface area contributed by atoms with Gasteiger partial charge in [-0.15, -0.1) is 0 Å². The highest BCUT2D eigenvalue weighted by molar-refractivity contribution is 7.80. The van der Waals surface area contributed by atoms with Crippen molar-refractivity contribution in [2.75, 3.05) is 30.0 Å². The molecule has 2 aromatic heterocycles. The molecule has 0 bridgehead atoms. The van der Waals surface area contributed by atoms with Crippen molar-refractivity contribution in [2.45, 2.75) is 55.9 Å². The highest BCUT2D eigenvalue weighted by atomic mass is 32.1. The predicted molar refractivity (Wildman–Crippen MR) is 121 cm³/mol. The maximum absolute atomic E-state index is 11.8. The topological polar surface area (TPSA) is 110 Å². The predicted octanol–water partition coefficient (Wildman–Crippen LogP) is 3.22. The molecule has 0 amide bonds. The van der Waals surface area contributed by atoms with E-state index in [1.54, 1.807) is 6.20 Å². The van der Waals surface area contributed by atoms with E-state index in [0.717, 1.165) is 37.2 Å². The number of anilines is 3. The Hall–Kier alpha value is -2.10. The fraction of sp³-hybridized carbons (Fsp3) is 0.571. The summed E-state index contributed by atoms with van der Waals surface area (Å²) in [7, 11) is 0. The van der Waals surface area contributed by atoms with Gasteiger partial charge in [0.1, 0.15) is 17.5 Å². The zero-order valence-electron chi connectivity index (χ0n) is 17.3. The number of hydrogen-bond donors (Lipinski definition) is 5. The SMILES string of the molecule is C[C@@H]1COCCN1c1cc(C2(O)CCCCC(S)C2)c(C=N)c(Nc2ccn[nH]2)n1. The summed E-state index contributed by atoms with van der Waals surface area (Å²) in [5.74, 6) is 2.00. The first-order valence-electron chi connectivity index (χ1n) is 10.6. The number of nitrogens with zero attached hydrogens (tertiary/aromatic N) is 3. The second kappa shape index (κ2) is 8.95. The van der Waals surface area contributed by atoms with Gasteiger partial charge in [-0.25, -0.2) is 4.98 Å². The molecular formula is C21H30N6O2S. The van der Waals surface area contributed by atoms with E-state index in [1.165, 1.54) is 6.21 Å². The van der Waals surface area contributed by atoms with Crippen LogP contribution < -0.4 is 10.2 Å². The van der Waals surface area contributed by atoms with E-state index in [4.69, 9.17) is 27.8 Å². The standard InChI is InChI=1S/C21H30N6O2S/c1-14-13-29-9-8-27(14)19-10-17(21(28)6-3-2-4-15(30)11-21)16(12-22)20(25-19)24-18-5-7-23-26-18/h5,7,10,12,14-15,22,28,30H,2-4,6,8-9,11,13H2,1H3,(H2,23,24,25,26)/t14-,15?,21?/m1/s1. The van der Waals surface area contributed by atoms with Crippen molar-refractivity contribution in [2.24, 2.45) is 0 Å². The Morgan fingerprint density at radius 1 is 1.47 bits per heavy atom. The van der Waals surface area contributed by atoms with Crippen LogP contribution in [0.25, 0.3) is 0 Å². The average Bonchev–Trinajstić information content (AvgIpc) is 3.17. The van der Waals surface area contributed by atoms with Crippen LogP contribution in [0.5, 0.6) is 0 Å².